The normalized spacial score (nSPS) is 17.0. The maximum Gasteiger partial charge on any atom is 0.336 e. The summed E-state index contributed by atoms with van der Waals surface area (Å²) >= 11 is 0. The molecule has 2 heterocycles. The molecule has 0 bridgehead atoms. The van der Waals surface area contributed by atoms with Crippen molar-refractivity contribution in [3.05, 3.63) is 76.8 Å². The van der Waals surface area contributed by atoms with E-state index < -0.39 is 0 Å². The summed E-state index contributed by atoms with van der Waals surface area (Å²) in [7, 11) is 1.41. The van der Waals surface area contributed by atoms with Crippen LogP contribution in [0.5, 0.6) is 0 Å². The Morgan fingerprint density at radius 3 is 2.52 bits per heavy atom. The zero-order chi connectivity index (χ0) is 18.0. The van der Waals surface area contributed by atoms with Crippen molar-refractivity contribution >= 4 is 5.97 Å². The zero-order valence-corrected chi connectivity index (χ0v) is 15.0. The molecule has 0 saturated heterocycles. The van der Waals surface area contributed by atoms with Crippen LogP contribution in [0, 0.1) is 6.92 Å². The Labute approximate surface area is 148 Å². The van der Waals surface area contributed by atoms with Crippen LogP contribution >= 0.6 is 0 Å². The van der Waals surface area contributed by atoms with E-state index in [2.05, 4.69) is 29.4 Å². The lowest BCUT2D eigenvalue weighted by Gasteiger charge is -2.25. The number of allylic oxidation sites excluding steroid dienone is 3. The molecule has 0 saturated carbocycles. The predicted octanol–water partition coefficient (Wildman–Crippen LogP) is 4.09. The van der Waals surface area contributed by atoms with Gasteiger partial charge < -0.3 is 10.1 Å². The molecule has 1 aromatic carbocycles. The highest BCUT2D eigenvalue weighted by Gasteiger charge is 2.27. The molecule has 1 unspecified atom stereocenters. The first-order valence-corrected chi connectivity index (χ1v) is 8.27. The van der Waals surface area contributed by atoms with E-state index in [1.165, 1.54) is 12.7 Å². The molecule has 1 aliphatic heterocycles. The molecule has 4 nitrogen and oxygen atoms in total. The number of ether oxygens (including phenoxy) is 1. The lowest BCUT2D eigenvalue weighted by Crippen LogP contribution is -2.25. The fourth-order valence-electron chi connectivity index (χ4n) is 3.23. The molecule has 25 heavy (non-hydrogen) atoms. The first-order chi connectivity index (χ1) is 12.0. The first-order valence-electron chi connectivity index (χ1n) is 8.27. The molecule has 128 valence electrons. The summed E-state index contributed by atoms with van der Waals surface area (Å²) in [5, 5.41) is 3.21. The summed E-state index contributed by atoms with van der Waals surface area (Å²) in [5.41, 5.74) is 6.66. The number of hydrogen-bond donors (Lipinski definition) is 1. The van der Waals surface area contributed by atoms with E-state index in [1.807, 2.05) is 50.4 Å². The first kappa shape index (κ1) is 17.0. The fraction of sp³-hybridized carbons (Fsp3) is 0.238. The second-order valence-electron chi connectivity index (χ2n) is 6.27. The summed E-state index contributed by atoms with van der Waals surface area (Å²) in [4.78, 5) is 16.9. The lowest BCUT2D eigenvalue weighted by atomic mass is 9.87. The molecule has 1 aliphatic rings. The number of hydrogen-bond acceptors (Lipinski definition) is 4. The van der Waals surface area contributed by atoms with Gasteiger partial charge in [0.25, 0.3) is 0 Å². The number of esters is 1. The van der Waals surface area contributed by atoms with Crippen molar-refractivity contribution in [2.75, 3.05) is 7.11 Å². The average Bonchev–Trinajstić information content (AvgIpc) is 2.61. The number of nitrogens with zero attached hydrogens (tertiary/aromatic N) is 1. The number of rotatable bonds is 3. The quantitative estimate of drug-likeness (QED) is 0.859. The van der Waals surface area contributed by atoms with Gasteiger partial charge in [-0.3, -0.25) is 4.98 Å². The predicted molar refractivity (Wildman–Crippen MR) is 98.8 cm³/mol. The minimum Gasteiger partial charge on any atom is -0.466 e. The minimum atomic E-state index is -0.318. The molecule has 1 N–H and O–H groups in total. The summed E-state index contributed by atoms with van der Waals surface area (Å²) in [6.45, 7) is 5.95. The van der Waals surface area contributed by atoms with Crippen molar-refractivity contribution in [2.24, 2.45) is 0 Å². The van der Waals surface area contributed by atoms with E-state index in [0.29, 0.717) is 5.57 Å². The Bertz CT molecular complexity index is 864. The van der Waals surface area contributed by atoms with Crippen molar-refractivity contribution in [2.45, 2.75) is 26.7 Å². The zero-order valence-electron chi connectivity index (χ0n) is 15.0. The number of benzene rings is 1. The van der Waals surface area contributed by atoms with Crippen LogP contribution in [0.2, 0.25) is 0 Å². The third kappa shape index (κ3) is 3.33. The van der Waals surface area contributed by atoms with Gasteiger partial charge in [0.2, 0.25) is 0 Å². The summed E-state index contributed by atoms with van der Waals surface area (Å²) in [6.07, 6.45) is 3.88. The standard InChI is InChI=1S/C21H22N2O2/c1-13-7-5-6-8-17(13)19-10-9-16(12-22-19)18-11-14(2)23-15(3)20(18)21(24)25-4/h5-12,18,23H,1-4H3. The van der Waals surface area contributed by atoms with Crippen LogP contribution in [-0.2, 0) is 9.53 Å². The van der Waals surface area contributed by atoms with E-state index in [1.54, 1.807) is 0 Å². The van der Waals surface area contributed by atoms with Gasteiger partial charge in [0, 0.05) is 29.1 Å². The molecule has 1 atom stereocenters. The maximum atomic E-state index is 12.2. The molecule has 0 amide bonds. The summed E-state index contributed by atoms with van der Waals surface area (Å²) in [6, 6.07) is 12.2. The largest absolute Gasteiger partial charge is 0.466 e. The number of pyridine rings is 1. The van der Waals surface area contributed by atoms with Crippen LogP contribution in [0.15, 0.2) is 65.6 Å². The smallest absolute Gasteiger partial charge is 0.336 e. The molecule has 3 rings (SSSR count). The van der Waals surface area contributed by atoms with Gasteiger partial charge in [0.15, 0.2) is 0 Å². The molecule has 0 spiro atoms. The van der Waals surface area contributed by atoms with Gasteiger partial charge in [-0.05, 0) is 38.0 Å². The van der Waals surface area contributed by atoms with Crippen LogP contribution < -0.4 is 5.32 Å². The molecule has 0 aliphatic carbocycles. The van der Waals surface area contributed by atoms with Gasteiger partial charge in [0.1, 0.15) is 0 Å². The number of aryl methyl sites for hydroxylation is 1. The molecular weight excluding hydrogens is 312 g/mol. The molecule has 2 aromatic rings. The molecule has 4 heteroatoms. The lowest BCUT2D eigenvalue weighted by molar-refractivity contribution is -0.136. The maximum absolute atomic E-state index is 12.2. The molecule has 0 radical (unpaired) electrons. The van der Waals surface area contributed by atoms with E-state index >= 15 is 0 Å². The summed E-state index contributed by atoms with van der Waals surface area (Å²) < 4.78 is 4.97. The molecule has 1 aromatic heterocycles. The van der Waals surface area contributed by atoms with Gasteiger partial charge >= 0.3 is 5.97 Å². The van der Waals surface area contributed by atoms with E-state index in [4.69, 9.17) is 4.74 Å². The van der Waals surface area contributed by atoms with Crippen molar-refractivity contribution in [3.8, 4) is 11.3 Å². The average molecular weight is 334 g/mol. The van der Waals surface area contributed by atoms with Crippen molar-refractivity contribution < 1.29 is 9.53 Å². The highest BCUT2D eigenvalue weighted by molar-refractivity contribution is 5.92. The van der Waals surface area contributed by atoms with Crippen LogP contribution in [0.3, 0.4) is 0 Å². The topological polar surface area (TPSA) is 51.2 Å². The van der Waals surface area contributed by atoms with Crippen molar-refractivity contribution in [1.29, 1.82) is 0 Å². The van der Waals surface area contributed by atoms with Gasteiger partial charge in [-0.2, -0.15) is 0 Å². The SMILES string of the molecule is COC(=O)C1=C(C)NC(C)=CC1c1ccc(-c2ccccc2C)nc1. The monoisotopic (exact) mass is 334 g/mol. The molecular formula is C21H22N2O2. The highest BCUT2D eigenvalue weighted by Crippen LogP contribution is 2.33. The Balaban J connectivity index is 1.99. The third-order valence-electron chi connectivity index (χ3n) is 4.49. The Morgan fingerprint density at radius 1 is 1.12 bits per heavy atom. The van der Waals surface area contributed by atoms with E-state index in [9.17, 15) is 4.79 Å². The number of carbonyl (C=O) groups is 1. The van der Waals surface area contributed by atoms with Crippen LogP contribution in [-0.4, -0.2) is 18.1 Å². The Kier molecular flexibility index (Phi) is 4.70. The number of methoxy groups -OCH3 is 1. The fourth-order valence-corrected chi connectivity index (χ4v) is 3.23. The number of dihydropyridines is 1. The van der Waals surface area contributed by atoms with E-state index in [0.717, 1.165) is 28.2 Å². The van der Waals surface area contributed by atoms with Crippen LogP contribution in [0.4, 0.5) is 0 Å². The number of nitrogens with one attached hydrogen (secondary N) is 1. The van der Waals surface area contributed by atoms with Crippen molar-refractivity contribution in [1.82, 2.24) is 10.3 Å². The van der Waals surface area contributed by atoms with Gasteiger partial charge in [-0.15, -0.1) is 0 Å². The van der Waals surface area contributed by atoms with Gasteiger partial charge in [-0.1, -0.05) is 36.4 Å². The Morgan fingerprint density at radius 2 is 1.88 bits per heavy atom. The number of carbonyl (C=O) groups excluding carboxylic acids is 1. The van der Waals surface area contributed by atoms with Crippen molar-refractivity contribution in [3.63, 3.8) is 0 Å². The highest BCUT2D eigenvalue weighted by atomic mass is 16.5. The van der Waals surface area contributed by atoms with E-state index in [-0.39, 0.29) is 11.9 Å². The third-order valence-corrected chi connectivity index (χ3v) is 4.49. The second kappa shape index (κ2) is 6.93. The summed E-state index contributed by atoms with van der Waals surface area (Å²) in [5.74, 6) is -0.478. The van der Waals surface area contributed by atoms with Gasteiger partial charge in [-0.25, -0.2) is 4.79 Å². The Hall–Kier alpha value is -2.88. The van der Waals surface area contributed by atoms with Crippen LogP contribution in [0.1, 0.15) is 30.9 Å². The minimum absolute atomic E-state index is 0.160. The van der Waals surface area contributed by atoms with Gasteiger partial charge in [0.05, 0.1) is 18.4 Å². The van der Waals surface area contributed by atoms with Crippen LogP contribution in [0.25, 0.3) is 11.3 Å². The number of aromatic nitrogens is 1. The second-order valence-corrected chi connectivity index (χ2v) is 6.27. The molecule has 0 fully saturated rings.